The largest absolute Gasteiger partial charge is 0.481 e. The van der Waals surface area contributed by atoms with Crippen molar-refractivity contribution in [3.05, 3.63) is 0 Å². The van der Waals surface area contributed by atoms with Gasteiger partial charge in [-0.2, -0.15) is 0 Å². The molecule has 0 aromatic heterocycles. The van der Waals surface area contributed by atoms with E-state index < -0.39 is 36.4 Å². The van der Waals surface area contributed by atoms with Crippen LogP contribution in [0.1, 0.15) is 20.3 Å². The smallest absolute Gasteiger partial charge is 0.327 e. The zero-order valence-corrected chi connectivity index (χ0v) is 10.1. The molecule has 0 rings (SSSR count). The molecule has 0 fully saturated rings. The molecule has 0 radical (unpaired) electrons. The first kappa shape index (κ1) is 15.4. The molecular weight excluding hydrogens is 228 g/mol. The number of rotatable bonds is 6. The second kappa shape index (κ2) is 6.19. The van der Waals surface area contributed by atoms with Gasteiger partial charge in [-0.3, -0.25) is 9.59 Å². The van der Waals surface area contributed by atoms with Crippen LogP contribution in [0.2, 0.25) is 0 Å². The molecule has 4 N–H and O–H groups in total. The van der Waals surface area contributed by atoms with E-state index in [1.165, 1.54) is 7.05 Å². The van der Waals surface area contributed by atoms with Crippen LogP contribution in [-0.4, -0.2) is 52.1 Å². The van der Waals surface area contributed by atoms with Crippen LogP contribution in [0.3, 0.4) is 0 Å². The third-order valence-electron chi connectivity index (χ3n) is 2.47. The van der Waals surface area contributed by atoms with Gasteiger partial charge in [-0.1, -0.05) is 13.8 Å². The predicted molar refractivity (Wildman–Crippen MR) is 59.3 cm³/mol. The number of carboxylic acid groups (broad SMARTS) is 2. The van der Waals surface area contributed by atoms with Gasteiger partial charge in [-0.25, -0.2) is 4.79 Å². The van der Waals surface area contributed by atoms with Crippen molar-refractivity contribution in [2.45, 2.75) is 32.4 Å². The monoisotopic (exact) mass is 246 g/mol. The molecule has 1 amide bonds. The third kappa shape index (κ3) is 4.39. The van der Waals surface area contributed by atoms with E-state index in [-0.39, 0.29) is 5.92 Å². The van der Waals surface area contributed by atoms with Gasteiger partial charge >= 0.3 is 11.9 Å². The molecule has 0 aliphatic rings. The summed E-state index contributed by atoms with van der Waals surface area (Å²) in [7, 11) is 1.24. The van der Waals surface area contributed by atoms with E-state index in [0.29, 0.717) is 0 Å². The molecule has 0 bridgehead atoms. The van der Waals surface area contributed by atoms with Crippen LogP contribution in [-0.2, 0) is 14.4 Å². The van der Waals surface area contributed by atoms with Gasteiger partial charge in [0, 0.05) is 7.05 Å². The zero-order chi connectivity index (χ0) is 13.7. The molecule has 2 atom stereocenters. The molecule has 0 saturated heterocycles. The van der Waals surface area contributed by atoms with Gasteiger partial charge < -0.3 is 20.8 Å². The standard InChI is InChI=1S/C10H18N2O5/c1-5(2)8(11)9(15)12(3)6(10(16)17)4-7(13)14/h5-6,8H,4,11H2,1-3H3,(H,13,14)(H,16,17)/t6-,8-/m0/s1. The van der Waals surface area contributed by atoms with E-state index in [4.69, 9.17) is 15.9 Å². The Bertz CT molecular complexity index is 316. The van der Waals surface area contributed by atoms with Crippen LogP contribution in [0.4, 0.5) is 0 Å². The summed E-state index contributed by atoms with van der Waals surface area (Å²) >= 11 is 0. The molecule has 0 aromatic carbocycles. The number of nitrogens with zero attached hydrogens (tertiary/aromatic N) is 1. The van der Waals surface area contributed by atoms with Crippen molar-refractivity contribution in [3.8, 4) is 0 Å². The number of aliphatic carboxylic acids is 2. The number of carboxylic acids is 2. The van der Waals surface area contributed by atoms with E-state index in [1.807, 2.05) is 0 Å². The molecule has 0 aliphatic heterocycles. The maximum atomic E-state index is 11.8. The lowest BCUT2D eigenvalue weighted by molar-refractivity contribution is -0.154. The number of carbonyl (C=O) groups is 3. The highest BCUT2D eigenvalue weighted by Crippen LogP contribution is 2.08. The Morgan fingerprint density at radius 1 is 1.24 bits per heavy atom. The van der Waals surface area contributed by atoms with Crippen molar-refractivity contribution >= 4 is 17.8 Å². The first-order valence-electron chi connectivity index (χ1n) is 5.15. The average Bonchev–Trinajstić information content (AvgIpc) is 2.21. The van der Waals surface area contributed by atoms with Crippen LogP contribution in [0.25, 0.3) is 0 Å². The Hall–Kier alpha value is -1.63. The second-order valence-corrected chi connectivity index (χ2v) is 4.17. The minimum Gasteiger partial charge on any atom is -0.481 e. The zero-order valence-electron chi connectivity index (χ0n) is 10.1. The van der Waals surface area contributed by atoms with Gasteiger partial charge in [0.2, 0.25) is 5.91 Å². The van der Waals surface area contributed by atoms with Gasteiger partial charge in [0.15, 0.2) is 0 Å². The molecule has 0 unspecified atom stereocenters. The molecule has 7 heteroatoms. The Morgan fingerprint density at radius 3 is 2.00 bits per heavy atom. The highest BCUT2D eigenvalue weighted by Gasteiger charge is 2.32. The lowest BCUT2D eigenvalue weighted by Crippen LogP contribution is -2.51. The number of amides is 1. The van der Waals surface area contributed by atoms with E-state index >= 15 is 0 Å². The van der Waals surface area contributed by atoms with Crippen molar-refractivity contribution in [2.75, 3.05) is 7.05 Å². The van der Waals surface area contributed by atoms with Crippen LogP contribution >= 0.6 is 0 Å². The van der Waals surface area contributed by atoms with Gasteiger partial charge in [0.05, 0.1) is 12.5 Å². The molecule has 0 saturated carbocycles. The lowest BCUT2D eigenvalue weighted by atomic mass is 10.0. The normalized spacial score (nSPS) is 14.2. The Kier molecular flexibility index (Phi) is 5.60. The summed E-state index contributed by atoms with van der Waals surface area (Å²) in [6.07, 6.45) is -0.650. The van der Waals surface area contributed by atoms with Crippen molar-refractivity contribution in [2.24, 2.45) is 11.7 Å². The summed E-state index contributed by atoms with van der Waals surface area (Å²) in [6.45, 7) is 3.45. The van der Waals surface area contributed by atoms with Gasteiger partial charge in [-0.15, -0.1) is 0 Å². The second-order valence-electron chi connectivity index (χ2n) is 4.17. The fourth-order valence-corrected chi connectivity index (χ4v) is 1.23. The predicted octanol–water partition coefficient (Wildman–Crippen LogP) is -0.644. The van der Waals surface area contributed by atoms with Crippen LogP contribution in [0.15, 0.2) is 0 Å². The highest BCUT2D eigenvalue weighted by atomic mass is 16.4. The highest BCUT2D eigenvalue weighted by molar-refractivity contribution is 5.89. The number of hydrogen-bond donors (Lipinski definition) is 3. The summed E-state index contributed by atoms with van der Waals surface area (Å²) in [5.41, 5.74) is 5.60. The maximum absolute atomic E-state index is 11.8. The number of carbonyl (C=O) groups excluding carboxylic acids is 1. The topological polar surface area (TPSA) is 121 Å². The minimum atomic E-state index is -1.40. The first-order chi connectivity index (χ1) is 7.68. The van der Waals surface area contributed by atoms with Gasteiger partial charge in [0.1, 0.15) is 6.04 Å². The average molecular weight is 246 g/mol. The van der Waals surface area contributed by atoms with Crippen molar-refractivity contribution in [3.63, 3.8) is 0 Å². The molecule has 98 valence electrons. The summed E-state index contributed by atoms with van der Waals surface area (Å²) in [5.74, 6) is -3.37. The SMILES string of the molecule is CC(C)[C@H](N)C(=O)N(C)[C@@H](CC(=O)O)C(=O)O. The third-order valence-corrected chi connectivity index (χ3v) is 2.47. The molecule has 0 spiro atoms. The van der Waals surface area contributed by atoms with E-state index in [9.17, 15) is 14.4 Å². The Balaban J connectivity index is 4.83. The van der Waals surface area contributed by atoms with Gasteiger partial charge in [-0.05, 0) is 5.92 Å². The lowest BCUT2D eigenvalue weighted by Gasteiger charge is -2.27. The summed E-state index contributed by atoms with van der Waals surface area (Å²) < 4.78 is 0. The first-order valence-corrected chi connectivity index (χ1v) is 5.15. The fraction of sp³-hybridized carbons (Fsp3) is 0.700. The van der Waals surface area contributed by atoms with Crippen molar-refractivity contribution in [1.29, 1.82) is 0 Å². The Morgan fingerprint density at radius 2 is 1.71 bits per heavy atom. The maximum Gasteiger partial charge on any atom is 0.327 e. The number of nitrogens with two attached hydrogens (primary N) is 1. The van der Waals surface area contributed by atoms with Crippen LogP contribution in [0.5, 0.6) is 0 Å². The van der Waals surface area contributed by atoms with Crippen molar-refractivity contribution < 1.29 is 24.6 Å². The van der Waals surface area contributed by atoms with E-state index in [1.54, 1.807) is 13.8 Å². The van der Waals surface area contributed by atoms with Gasteiger partial charge in [0.25, 0.3) is 0 Å². The quantitative estimate of drug-likeness (QED) is 0.573. The molecule has 0 aliphatic carbocycles. The molecule has 17 heavy (non-hydrogen) atoms. The Labute approximate surface area is 99.2 Å². The van der Waals surface area contributed by atoms with E-state index in [0.717, 1.165) is 4.90 Å². The molecular formula is C10H18N2O5. The minimum absolute atomic E-state index is 0.149. The number of likely N-dealkylation sites (N-methyl/N-ethyl adjacent to an activating group) is 1. The fourth-order valence-electron chi connectivity index (χ4n) is 1.23. The molecule has 7 nitrogen and oxygen atoms in total. The number of hydrogen-bond acceptors (Lipinski definition) is 4. The summed E-state index contributed by atoms with van der Waals surface area (Å²) in [6, 6.07) is -2.24. The summed E-state index contributed by atoms with van der Waals surface area (Å²) in [5, 5.41) is 17.4. The van der Waals surface area contributed by atoms with E-state index in [2.05, 4.69) is 0 Å². The van der Waals surface area contributed by atoms with Crippen LogP contribution in [0, 0.1) is 5.92 Å². The molecule has 0 aromatic rings. The summed E-state index contributed by atoms with van der Waals surface area (Å²) in [4.78, 5) is 34.0. The van der Waals surface area contributed by atoms with Crippen LogP contribution < -0.4 is 5.73 Å². The van der Waals surface area contributed by atoms with Crippen molar-refractivity contribution in [1.82, 2.24) is 4.90 Å². The molecule has 0 heterocycles.